The van der Waals surface area contributed by atoms with E-state index in [1.54, 1.807) is 24.0 Å². The van der Waals surface area contributed by atoms with Crippen LogP contribution in [0.1, 0.15) is 29.1 Å². The van der Waals surface area contributed by atoms with Gasteiger partial charge < -0.3 is 5.32 Å². The molecule has 0 radical (unpaired) electrons. The van der Waals surface area contributed by atoms with Crippen molar-refractivity contribution in [1.82, 2.24) is 19.7 Å². The molecule has 0 aliphatic carbocycles. The first-order valence-electron chi connectivity index (χ1n) is 6.80. The summed E-state index contributed by atoms with van der Waals surface area (Å²) in [7, 11) is 0. The maximum atomic E-state index is 4.31. The van der Waals surface area contributed by atoms with Gasteiger partial charge in [-0.15, -0.1) is 11.3 Å². The summed E-state index contributed by atoms with van der Waals surface area (Å²) in [6, 6.07) is 8.63. The molecule has 3 aromatic rings. The van der Waals surface area contributed by atoms with Crippen LogP contribution in [0.25, 0.3) is 0 Å². The van der Waals surface area contributed by atoms with E-state index in [9.17, 15) is 0 Å². The van der Waals surface area contributed by atoms with Gasteiger partial charge in [0.2, 0.25) is 0 Å². The highest BCUT2D eigenvalue weighted by Gasteiger charge is 2.10. The number of aromatic nitrogens is 4. The fraction of sp³-hybridized carbons (Fsp3) is 0.267. The van der Waals surface area contributed by atoms with Gasteiger partial charge in [0.1, 0.15) is 12.7 Å². The Morgan fingerprint density at radius 3 is 3.00 bits per heavy atom. The van der Waals surface area contributed by atoms with Gasteiger partial charge in [0, 0.05) is 10.6 Å². The summed E-state index contributed by atoms with van der Waals surface area (Å²) in [4.78, 5) is 9.54. The van der Waals surface area contributed by atoms with Crippen LogP contribution < -0.4 is 5.32 Å². The highest BCUT2D eigenvalue weighted by Crippen LogP contribution is 2.25. The van der Waals surface area contributed by atoms with Crippen molar-refractivity contribution in [2.45, 2.75) is 26.4 Å². The standard InChI is InChI=1S/C15H17N5S/c1-11-15(21-10-17-11)12(2)19-14-5-3-4-13(6-14)7-20-9-16-8-18-20/h3-6,8-10,12,19H,7H2,1-2H3. The lowest BCUT2D eigenvalue weighted by Gasteiger charge is -2.15. The first kappa shape index (κ1) is 13.8. The lowest BCUT2D eigenvalue weighted by Crippen LogP contribution is -2.07. The zero-order chi connectivity index (χ0) is 14.7. The number of anilines is 1. The van der Waals surface area contributed by atoms with Gasteiger partial charge in [-0.25, -0.2) is 14.6 Å². The van der Waals surface area contributed by atoms with Gasteiger partial charge in [0.05, 0.1) is 23.8 Å². The van der Waals surface area contributed by atoms with Crippen LogP contribution in [0.4, 0.5) is 5.69 Å². The van der Waals surface area contributed by atoms with Crippen molar-refractivity contribution in [2.75, 3.05) is 5.32 Å². The summed E-state index contributed by atoms with van der Waals surface area (Å²) >= 11 is 1.69. The van der Waals surface area contributed by atoms with Crippen LogP contribution in [0.3, 0.4) is 0 Å². The molecule has 2 aromatic heterocycles. The number of hydrogen-bond acceptors (Lipinski definition) is 5. The minimum Gasteiger partial charge on any atom is -0.378 e. The molecule has 0 bridgehead atoms. The monoisotopic (exact) mass is 299 g/mol. The molecular weight excluding hydrogens is 282 g/mol. The first-order valence-corrected chi connectivity index (χ1v) is 7.68. The highest BCUT2D eigenvalue weighted by molar-refractivity contribution is 7.09. The average molecular weight is 299 g/mol. The van der Waals surface area contributed by atoms with Crippen molar-refractivity contribution < 1.29 is 0 Å². The summed E-state index contributed by atoms with van der Waals surface area (Å²) in [6.07, 6.45) is 3.28. The second kappa shape index (κ2) is 6.05. The molecule has 2 heterocycles. The Bertz CT molecular complexity index is 704. The van der Waals surface area contributed by atoms with Gasteiger partial charge in [0.25, 0.3) is 0 Å². The third-order valence-corrected chi connectivity index (χ3v) is 4.41. The first-order chi connectivity index (χ1) is 10.2. The molecule has 6 heteroatoms. The normalized spacial score (nSPS) is 12.3. The highest BCUT2D eigenvalue weighted by atomic mass is 32.1. The van der Waals surface area contributed by atoms with Crippen LogP contribution in [0.2, 0.25) is 0 Å². The van der Waals surface area contributed by atoms with Crippen molar-refractivity contribution in [2.24, 2.45) is 0 Å². The molecular formula is C15H17N5S. The quantitative estimate of drug-likeness (QED) is 0.785. The van der Waals surface area contributed by atoms with E-state index in [0.29, 0.717) is 0 Å². The number of nitrogens with zero attached hydrogens (tertiary/aromatic N) is 4. The smallest absolute Gasteiger partial charge is 0.137 e. The second-order valence-corrected chi connectivity index (χ2v) is 5.85. The number of thiazole rings is 1. The van der Waals surface area contributed by atoms with E-state index < -0.39 is 0 Å². The maximum absolute atomic E-state index is 4.31. The largest absolute Gasteiger partial charge is 0.378 e. The SMILES string of the molecule is Cc1ncsc1C(C)Nc1cccc(Cn2cncn2)c1. The third kappa shape index (κ3) is 3.28. The van der Waals surface area contributed by atoms with E-state index in [1.807, 2.05) is 17.1 Å². The van der Waals surface area contributed by atoms with Crippen LogP contribution in [-0.4, -0.2) is 19.7 Å². The fourth-order valence-corrected chi connectivity index (χ4v) is 3.11. The van der Waals surface area contributed by atoms with E-state index in [4.69, 9.17) is 0 Å². The number of nitrogens with one attached hydrogen (secondary N) is 1. The van der Waals surface area contributed by atoms with Gasteiger partial charge >= 0.3 is 0 Å². The summed E-state index contributed by atoms with van der Waals surface area (Å²) in [6.45, 7) is 4.93. The van der Waals surface area contributed by atoms with E-state index in [0.717, 1.165) is 17.9 Å². The minimum atomic E-state index is 0.249. The van der Waals surface area contributed by atoms with E-state index in [1.165, 1.54) is 10.4 Å². The van der Waals surface area contributed by atoms with Gasteiger partial charge in [-0.2, -0.15) is 5.10 Å². The second-order valence-electron chi connectivity index (χ2n) is 4.96. The molecule has 0 fully saturated rings. The van der Waals surface area contributed by atoms with Crippen molar-refractivity contribution in [1.29, 1.82) is 0 Å². The van der Waals surface area contributed by atoms with Gasteiger partial charge in [-0.3, -0.25) is 0 Å². The predicted molar refractivity (Wildman–Crippen MR) is 84.5 cm³/mol. The topological polar surface area (TPSA) is 55.6 Å². The molecule has 0 saturated carbocycles. The number of benzene rings is 1. The van der Waals surface area contributed by atoms with Gasteiger partial charge in [-0.1, -0.05) is 12.1 Å². The average Bonchev–Trinajstić information content (AvgIpc) is 3.10. The Morgan fingerprint density at radius 1 is 1.38 bits per heavy atom. The molecule has 1 N–H and O–H groups in total. The number of rotatable bonds is 5. The predicted octanol–water partition coefficient (Wildman–Crippen LogP) is 3.26. The van der Waals surface area contributed by atoms with Crippen LogP contribution >= 0.6 is 11.3 Å². The summed E-state index contributed by atoms with van der Waals surface area (Å²) in [5, 5.41) is 7.66. The molecule has 0 aliphatic heterocycles. The zero-order valence-electron chi connectivity index (χ0n) is 12.0. The Morgan fingerprint density at radius 2 is 2.29 bits per heavy atom. The van der Waals surface area contributed by atoms with E-state index in [2.05, 4.69) is 51.6 Å². The van der Waals surface area contributed by atoms with Crippen molar-refractivity contribution >= 4 is 17.0 Å². The van der Waals surface area contributed by atoms with E-state index in [-0.39, 0.29) is 6.04 Å². The molecule has 5 nitrogen and oxygen atoms in total. The van der Waals surface area contributed by atoms with Crippen LogP contribution in [0, 0.1) is 6.92 Å². The van der Waals surface area contributed by atoms with Gasteiger partial charge in [0.15, 0.2) is 0 Å². The van der Waals surface area contributed by atoms with Crippen LogP contribution in [0.5, 0.6) is 0 Å². The molecule has 0 aliphatic rings. The Balaban J connectivity index is 1.72. The molecule has 1 aromatic carbocycles. The van der Waals surface area contributed by atoms with Crippen molar-refractivity contribution in [3.05, 3.63) is 58.6 Å². The molecule has 21 heavy (non-hydrogen) atoms. The molecule has 0 amide bonds. The lowest BCUT2D eigenvalue weighted by atomic mass is 10.1. The van der Waals surface area contributed by atoms with Crippen molar-refractivity contribution in [3.63, 3.8) is 0 Å². The molecule has 0 spiro atoms. The molecule has 1 atom stereocenters. The lowest BCUT2D eigenvalue weighted by molar-refractivity contribution is 0.685. The molecule has 1 unspecified atom stereocenters. The Kier molecular flexibility index (Phi) is 3.96. The van der Waals surface area contributed by atoms with Crippen molar-refractivity contribution in [3.8, 4) is 0 Å². The van der Waals surface area contributed by atoms with Crippen LogP contribution in [0.15, 0.2) is 42.4 Å². The van der Waals surface area contributed by atoms with Crippen LogP contribution in [-0.2, 0) is 6.54 Å². The summed E-state index contributed by atoms with van der Waals surface area (Å²) < 4.78 is 1.82. The summed E-state index contributed by atoms with van der Waals surface area (Å²) in [5.41, 5.74) is 5.29. The number of aryl methyl sites for hydroxylation is 1. The maximum Gasteiger partial charge on any atom is 0.137 e. The van der Waals surface area contributed by atoms with E-state index >= 15 is 0 Å². The third-order valence-electron chi connectivity index (χ3n) is 3.30. The van der Waals surface area contributed by atoms with Gasteiger partial charge in [-0.05, 0) is 31.5 Å². The minimum absolute atomic E-state index is 0.249. The Labute approximate surface area is 127 Å². The molecule has 108 valence electrons. The fourth-order valence-electron chi connectivity index (χ4n) is 2.30. The molecule has 3 rings (SSSR count). The zero-order valence-corrected chi connectivity index (χ0v) is 12.8. The Hall–Kier alpha value is -2.21. The number of hydrogen-bond donors (Lipinski definition) is 1. The summed E-state index contributed by atoms with van der Waals surface area (Å²) in [5.74, 6) is 0. The molecule has 0 saturated heterocycles.